The lowest BCUT2D eigenvalue weighted by Gasteiger charge is -2.13. The van der Waals surface area contributed by atoms with Crippen LogP contribution in [0.2, 0.25) is 0 Å². The molecule has 0 saturated carbocycles. The predicted molar refractivity (Wildman–Crippen MR) is 116 cm³/mol. The number of carbonyl (C=O) groups excluding carboxylic acids is 1. The van der Waals surface area contributed by atoms with Gasteiger partial charge >= 0.3 is 0 Å². The van der Waals surface area contributed by atoms with Crippen LogP contribution in [-0.2, 0) is 13.2 Å². The number of aromatic nitrogens is 2. The van der Waals surface area contributed by atoms with E-state index in [0.29, 0.717) is 29.5 Å². The van der Waals surface area contributed by atoms with Crippen molar-refractivity contribution in [1.29, 1.82) is 0 Å². The van der Waals surface area contributed by atoms with Crippen LogP contribution in [0.25, 0.3) is 11.0 Å². The Bertz CT molecular complexity index is 1200. The van der Waals surface area contributed by atoms with Crippen LogP contribution in [0, 0.1) is 13.8 Å². The minimum absolute atomic E-state index is 0.241. The maximum Gasteiger partial charge on any atom is 0.248 e. The Kier molecular flexibility index (Phi) is 5.39. The SMILES string of the molecule is Cc1ccc(COc2cc(C(N)=O)ccc2OCc2nc3ccc(C)cc3[nH]2)cc1. The van der Waals surface area contributed by atoms with Crippen molar-refractivity contribution in [3.8, 4) is 11.5 Å². The number of ether oxygens (including phenoxy) is 2. The summed E-state index contributed by atoms with van der Waals surface area (Å²) in [6, 6.07) is 19.0. The van der Waals surface area contributed by atoms with Gasteiger partial charge in [-0.15, -0.1) is 0 Å². The molecule has 0 bridgehead atoms. The Morgan fingerprint density at radius 2 is 1.63 bits per heavy atom. The number of fused-ring (bicyclic) bond motifs is 1. The van der Waals surface area contributed by atoms with Crippen molar-refractivity contribution in [2.45, 2.75) is 27.1 Å². The van der Waals surface area contributed by atoms with Crippen molar-refractivity contribution >= 4 is 16.9 Å². The molecule has 0 aliphatic carbocycles. The minimum atomic E-state index is -0.519. The molecule has 3 aromatic carbocycles. The van der Waals surface area contributed by atoms with Crippen LogP contribution in [0.3, 0.4) is 0 Å². The van der Waals surface area contributed by atoms with E-state index in [1.807, 2.05) is 56.3 Å². The molecule has 152 valence electrons. The Morgan fingerprint density at radius 3 is 2.40 bits per heavy atom. The van der Waals surface area contributed by atoms with E-state index < -0.39 is 5.91 Å². The van der Waals surface area contributed by atoms with Crippen LogP contribution < -0.4 is 15.2 Å². The van der Waals surface area contributed by atoms with Gasteiger partial charge in [0.25, 0.3) is 0 Å². The predicted octanol–water partition coefficient (Wildman–Crippen LogP) is 4.44. The fourth-order valence-corrected chi connectivity index (χ4v) is 3.13. The van der Waals surface area contributed by atoms with Crippen molar-refractivity contribution in [3.05, 3.63) is 88.7 Å². The highest BCUT2D eigenvalue weighted by molar-refractivity contribution is 5.93. The monoisotopic (exact) mass is 401 g/mol. The van der Waals surface area contributed by atoms with Gasteiger partial charge in [0.1, 0.15) is 19.0 Å². The lowest BCUT2D eigenvalue weighted by Crippen LogP contribution is -2.11. The maximum atomic E-state index is 11.6. The zero-order valence-electron chi connectivity index (χ0n) is 16.9. The fourth-order valence-electron chi connectivity index (χ4n) is 3.13. The first kappa shape index (κ1) is 19.5. The summed E-state index contributed by atoms with van der Waals surface area (Å²) in [5.74, 6) is 1.16. The average molecular weight is 401 g/mol. The molecule has 4 aromatic rings. The van der Waals surface area contributed by atoms with Gasteiger partial charge in [0.15, 0.2) is 11.5 Å². The van der Waals surface area contributed by atoms with Gasteiger partial charge < -0.3 is 20.2 Å². The number of imidazole rings is 1. The first-order valence-electron chi connectivity index (χ1n) is 9.68. The molecule has 1 amide bonds. The molecule has 0 spiro atoms. The van der Waals surface area contributed by atoms with Crippen molar-refractivity contribution in [1.82, 2.24) is 9.97 Å². The van der Waals surface area contributed by atoms with E-state index in [4.69, 9.17) is 15.2 Å². The third-order valence-electron chi connectivity index (χ3n) is 4.79. The number of carbonyl (C=O) groups is 1. The Balaban J connectivity index is 1.53. The Hall–Kier alpha value is -3.80. The van der Waals surface area contributed by atoms with Crippen LogP contribution >= 0.6 is 0 Å². The maximum absolute atomic E-state index is 11.6. The van der Waals surface area contributed by atoms with Gasteiger partial charge in [0.2, 0.25) is 5.91 Å². The number of hydrogen-bond acceptors (Lipinski definition) is 4. The molecular weight excluding hydrogens is 378 g/mol. The zero-order chi connectivity index (χ0) is 21.1. The van der Waals surface area contributed by atoms with E-state index in [1.165, 1.54) is 5.56 Å². The van der Waals surface area contributed by atoms with Gasteiger partial charge in [-0.1, -0.05) is 35.9 Å². The summed E-state index contributed by atoms with van der Waals surface area (Å²) in [5, 5.41) is 0. The lowest BCUT2D eigenvalue weighted by molar-refractivity contribution is 0.0999. The Morgan fingerprint density at radius 1 is 0.900 bits per heavy atom. The second-order valence-electron chi connectivity index (χ2n) is 7.29. The molecule has 0 aliphatic heterocycles. The molecule has 6 nitrogen and oxygen atoms in total. The molecule has 1 heterocycles. The highest BCUT2D eigenvalue weighted by Crippen LogP contribution is 2.30. The first-order chi connectivity index (χ1) is 14.5. The average Bonchev–Trinajstić information content (AvgIpc) is 3.14. The molecule has 0 atom stereocenters. The van der Waals surface area contributed by atoms with E-state index in [9.17, 15) is 4.79 Å². The number of nitrogens with two attached hydrogens (primary N) is 1. The van der Waals surface area contributed by atoms with E-state index in [0.717, 1.165) is 22.2 Å². The van der Waals surface area contributed by atoms with Crippen molar-refractivity contribution in [2.75, 3.05) is 0 Å². The van der Waals surface area contributed by atoms with Gasteiger partial charge in [0, 0.05) is 5.56 Å². The number of hydrogen-bond donors (Lipinski definition) is 2. The number of primary amides is 1. The third-order valence-corrected chi connectivity index (χ3v) is 4.79. The number of nitrogens with zero attached hydrogens (tertiary/aromatic N) is 1. The summed E-state index contributed by atoms with van der Waals surface area (Å²) in [6.45, 7) is 4.66. The zero-order valence-corrected chi connectivity index (χ0v) is 16.9. The highest BCUT2D eigenvalue weighted by atomic mass is 16.5. The van der Waals surface area contributed by atoms with Gasteiger partial charge in [-0.2, -0.15) is 0 Å². The molecular formula is C24H23N3O3. The molecule has 0 fully saturated rings. The van der Waals surface area contributed by atoms with Crippen molar-refractivity contribution < 1.29 is 14.3 Å². The number of H-pyrrole nitrogens is 1. The summed E-state index contributed by atoms with van der Waals surface area (Å²) in [4.78, 5) is 19.4. The van der Waals surface area contributed by atoms with Crippen LogP contribution in [0.15, 0.2) is 60.7 Å². The summed E-state index contributed by atoms with van der Waals surface area (Å²) in [6.07, 6.45) is 0. The molecule has 1 aromatic heterocycles. The second kappa shape index (κ2) is 8.29. The number of aromatic amines is 1. The van der Waals surface area contributed by atoms with Gasteiger partial charge in [-0.3, -0.25) is 4.79 Å². The summed E-state index contributed by atoms with van der Waals surface area (Å²) in [7, 11) is 0. The van der Waals surface area contributed by atoms with Gasteiger partial charge in [-0.25, -0.2) is 4.98 Å². The number of rotatable bonds is 7. The number of aryl methyl sites for hydroxylation is 2. The lowest BCUT2D eigenvalue weighted by atomic mass is 10.1. The topological polar surface area (TPSA) is 90.2 Å². The first-order valence-corrected chi connectivity index (χ1v) is 9.68. The van der Waals surface area contributed by atoms with E-state index in [2.05, 4.69) is 9.97 Å². The minimum Gasteiger partial charge on any atom is -0.485 e. The smallest absolute Gasteiger partial charge is 0.248 e. The summed E-state index contributed by atoms with van der Waals surface area (Å²) >= 11 is 0. The summed E-state index contributed by atoms with van der Waals surface area (Å²) < 4.78 is 11.9. The fraction of sp³-hybridized carbons (Fsp3) is 0.167. The van der Waals surface area contributed by atoms with Crippen molar-refractivity contribution in [2.24, 2.45) is 5.73 Å². The van der Waals surface area contributed by atoms with E-state index in [-0.39, 0.29) is 6.61 Å². The molecule has 4 rings (SSSR count). The molecule has 0 radical (unpaired) electrons. The normalized spacial score (nSPS) is 10.9. The van der Waals surface area contributed by atoms with Gasteiger partial charge in [0.05, 0.1) is 11.0 Å². The quantitative estimate of drug-likeness (QED) is 0.479. The second-order valence-corrected chi connectivity index (χ2v) is 7.29. The number of amides is 1. The molecule has 0 unspecified atom stereocenters. The molecule has 3 N–H and O–H groups in total. The highest BCUT2D eigenvalue weighted by Gasteiger charge is 2.12. The van der Waals surface area contributed by atoms with E-state index in [1.54, 1.807) is 18.2 Å². The van der Waals surface area contributed by atoms with Crippen LogP contribution in [0.1, 0.15) is 32.9 Å². The molecule has 30 heavy (non-hydrogen) atoms. The third kappa shape index (κ3) is 4.43. The van der Waals surface area contributed by atoms with Crippen LogP contribution in [0.4, 0.5) is 0 Å². The van der Waals surface area contributed by atoms with Crippen LogP contribution in [0.5, 0.6) is 11.5 Å². The van der Waals surface area contributed by atoms with Crippen molar-refractivity contribution in [3.63, 3.8) is 0 Å². The number of benzene rings is 3. The van der Waals surface area contributed by atoms with E-state index >= 15 is 0 Å². The molecule has 0 saturated heterocycles. The standard InChI is InChI=1S/C24H23N3O3/c1-15-3-6-17(7-4-15)13-29-22-12-18(24(25)28)8-10-21(22)30-14-23-26-19-9-5-16(2)11-20(19)27-23/h3-12H,13-14H2,1-2H3,(H2,25,28)(H,26,27). The molecule has 0 aliphatic rings. The largest absolute Gasteiger partial charge is 0.485 e. The Labute approximate surface area is 174 Å². The number of nitrogens with one attached hydrogen (secondary N) is 1. The van der Waals surface area contributed by atoms with Crippen LogP contribution in [-0.4, -0.2) is 15.9 Å². The summed E-state index contributed by atoms with van der Waals surface area (Å²) in [5.41, 5.74) is 11.0. The van der Waals surface area contributed by atoms with Gasteiger partial charge in [-0.05, 0) is 55.3 Å². The molecule has 6 heteroatoms.